The molecule has 0 amide bonds. The first-order valence-electron chi connectivity index (χ1n) is 6.52. The lowest BCUT2D eigenvalue weighted by atomic mass is 9.97. The van der Waals surface area contributed by atoms with Gasteiger partial charge in [0.2, 0.25) is 10.0 Å². The van der Waals surface area contributed by atoms with Gasteiger partial charge in [0.1, 0.15) is 4.90 Å². The van der Waals surface area contributed by atoms with Gasteiger partial charge in [-0.05, 0) is 19.8 Å². The predicted octanol–water partition coefficient (Wildman–Crippen LogP) is 1.10. The molecule has 1 unspecified atom stereocenters. The van der Waals surface area contributed by atoms with E-state index in [4.69, 9.17) is 0 Å². The average molecular weight is 289 g/mol. The molecule has 1 aromatic rings. The molecule has 1 rings (SSSR count). The molecule has 0 fully saturated rings. The fourth-order valence-corrected chi connectivity index (χ4v) is 3.62. The fraction of sp³-hybridized carbons (Fsp3) is 0.750. The summed E-state index contributed by atoms with van der Waals surface area (Å²) in [5.41, 5.74) is 0.934. The van der Waals surface area contributed by atoms with E-state index in [2.05, 4.69) is 14.9 Å². The molecule has 0 saturated heterocycles. The van der Waals surface area contributed by atoms with Gasteiger partial charge in [0.05, 0.1) is 17.5 Å². The Balaban J connectivity index is 2.77. The zero-order chi connectivity index (χ0) is 14.6. The summed E-state index contributed by atoms with van der Waals surface area (Å²) in [6.07, 6.45) is 0.976. The molecule has 1 atom stereocenters. The van der Waals surface area contributed by atoms with E-state index in [1.165, 1.54) is 0 Å². The molecule has 7 heteroatoms. The lowest BCUT2D eigenvalue weighted by Crippen LogP contribution is -2.36. The van der Waals surface area contributed by atoms with Gasteiger partial charge in [-0.15, -0.1) is 0 Å². The van der Waals surface area contributed by atoms with E-state index < -0.39 is 16.1 Å². The van der Waals surface area contributed by atoms with Crippen molar-refractivity contribution in [2.75, 3.05) is 6.54 Å². The van der Waals surface area contributed by atoms with Crippen LogP contribution < -0.4 is 4.72 Å². The predicted molar refractivity (Wildman–Crippen MR) is 73.3 cm³/mol. The van der Waals surface area contributed by atoms with Crippen LogP contribution in [0.25, 0.3) is 0 Å². The lowest BCUT2D eigenvalue weighted by molar-refractivity contribution is 0.107. The van der Waals surface area contributed by atoms with Crippen molar-refractivity contribution < 1.29 is 13.5 Å². The van der Waals surface area contributed by atoms with Crippen LogP contribution >= 0.6 is 0 Å². The maximum absolute atomic E-state index is 12.2. The molecule has 0 radical (unpaired) electrons. The first-order chi connectivity index (χ1) is 8.83. The Morgan fingerprint density at radius 2 is 1.89 bits per heavy atom. The minimum Gasteiger partial charge on any atom is -0.391 e. The van der Waals surface area contributed by atoms with Gasteiger partial charge in [0.15, 0.2) is 0 Å². The molecule has 0 bridgehead atoms. The molecule has 0 aromatic carbocycles. The fourth-order valence-electron chi connectivity index (χ4n) is 2.20. The van der Waals surface area contributed by atoms with E-state index in [0.717, 1.165) is 12.8 Å². The van der Waals surface area contributed by atoms with Crippen molar-refractivity contribution in [3.05, 3.63) is 11.4 Å². The van der Waals surface area contributed by atoms with E-state index in [-0.39, 0.29) is 17.4 Å². The highest BCUT2D eigenvalue weighted by Crippen LogP contribution is 2.17. The van der Waals surface area contributed by atoms with Crippen LogP contribution in [0.2, 0.25) is 0 Å². The highest BCUT2D eigenvalue weighted by Gasteiger charge is 2.24. The van der Waals surface area contributed by atoms with Crippen molar-refractivity contribution in [1.82, 2.24) is 14.9 Å². The summed E-state index contributed by atoms with van der Waals surface area (Å²) in [6, 6.07) is 0. The number of hydrogen-bond donors (Lipinski definition) is 3. The first kappa shape index (κ1) is 16.1. The SMILES string of the molecule is CCC(CC)C(O)CNS(=O)(=O)c1c(C)n[nH]c1C. The van der Waals surface area contributed by atoms with E-state index in [1.54, 1.807) is 13.8 Å². The summed E-state index contributed by atoms with van der Waals surface area (Å²) in [6.45, 7) is 7.28. The summed E-state index contributed by atoms with van der Waals surface area (Å²) >= 11 is 0. The van der Waals surface area contributed by atoms with Crippen LogP contribution in [0.3, 0.4) is 0 Å². The number of aromatic nitrogens is 2. The molecule has 0 aliphatic rings. The molecular weight excluding hydrogens is 266 g/mol. The molecule has 0 spiro atoms. The average Bonchev–Trinajstić information content (AvgIpc) is 2.69. The van der Waals surface area contributed by atoms with Crippen molar-refractivity contribution in [3.8, 4) is 0 Å². The number of rotatable bonds is 7. The van der Waals surface area contributed by atoms with E-state index >= 15 is 0 Å². The Kier molecular flexibility index (Phi) is 5.51. The monoisotopic (exact) mass is 289 g/mol. The van der Waals surface area contributed by atoms with Crippen LogP contribution in [0.4, 0.5) is 0 Å². The topological polar surface area (TPSA) is 95.1 Å². The number of sulfonamides is 1. The number of aromatic amines is 1. The van der Waals surface area contributed by atoms with E-state index in [1.807, 2.05) is 13.8 Å². The van der Waals surface area contributed by atoms with Crippen molar-refractivity contribution >= 4 is 10.0 Å². The minimum atomic E-state index is -3.63. The number of nitrogens with one attached hydrogen (secondary N) is 2. The number of nitrogens with zero attached hydrogens (tertiary/aromatic N) is 1. The third-order valence-corrected chi connectivity index (χ3v) is 5.09. The molecule has 1 aromatic heterocycles. The smallest absolute Gasteiger partial charge is 0.244 e. The van der Waals surface area contributed by atoms with E-state index in [0.29, 0.717) is 11.4 Å². The van der Waals surface area contributed by atoms with Crippen LogP contribution in [-0.2, 0) is 10.0 Å². The normalized spacial score (nSPS) is 14.0. The lowest BCUT2D eigenvalue weighted by Gasteiger charge is -2.20. The molecular formula is C12H23N3O3S. The van der Waals surface area contributed by atoms with Gasteiger partial charge in [-0.25, -0.2) is 13.1 Å². The molecule has 110 valence electrons. The molecule has 3 N–H and O–H groups in total. The van der Waals surface area contributed by atoms with Gasteiger partial charge in [-0.3, -0.25) is 5.10 Å². The summed E-state index contributed by atoms with van der Waals surface area (Å²) in [4.78, 5) is 0.171. The van der Waals surface area contributed by atoms with Crippen LogP contribution in [0, 0.1) is 19.8 Å². The van der Waals surface area contributed by atoms with Gasteiger partial charge in [-0.2, -0.15) is 5.10 Å². The second kappa shape index (κ2) is 6.49. The molecule has 1 heterocycles. The van der Waals surface area contributed by atoms with Crippen LogP contribution in [0.1, 0.15) is 38.1 Å². The van der Waals surface area contributed by atoms with Crippen LogP contribution in [-0.4, -0.2) is 36.4 Å². The first-order valence-corrected chi connectivity index (χ1v) is 8.01. The zero-order valence-corrected chi connectivity index (χ0v) is 12.7. The van der Waals surface area contributed by atoms with Crippen molar-refractivity contribution in [2.45, 2.75) is 51.5 Å². The zero-order valence-electron chi connectivity index (χ0n) is 11.9. The maximum atomic E-state index is 12.2. The standard InChI is InChI=1S/C12H23N3O3S/c1-5-10(6-2)11(16)7-13-19(17,18)12-8(3)14-15-9(12)4/h10-11,13,16H,5-7H2,1-4H3,(H,14,15). The van der Waals surface area contributed by atoms with Crippen molar-refractivity contribution in [2.24, 2.45) is 5.92 Å². The molecule has 0 aliphatic heterocycles. The quantitative estimate of drug-likeness (QED) is 0.700. The van der Waals surface area contributed by atoms with Crippen molar-refractivity contribution in [1.29, 1.82) is 0 Å². The summed E-state index contributed by atoms with van der Waals surface area (Å²) in [7, 11) is -3.63. The molecule has 6 nitrogen and oxygen atoms in total. The number of aryl methyl sites for hydroxylation is 2. The number of H-pyrrole nitrogens is 1. The Morgan fingerprint density at radius 3 is 2.32 bits per heavy atom. The molecule has 19 heavy (non-hydrogen) atoms. The second-order valence-electron chi connectivity index (χ2n) is 4.76. The minimum absolute atomic E-state index is 0.0265. The van der Waals surface area contributed by atoms with Gasteiger partial charge in [0.25, 0.3) is 0 Å². The second-order valence-corrected chi connectivity index (χ2v) is 6.46. The Labute approximate surface area is 114 Å². The number of hydrogen-bond acceptors (Lipinski definition) is 4. The van der Waals surface area contributed by atoms with Crippen LogP contribution in [0.5, 0.6) is 0 Å². The number of aliphatic hydroxyl groups excluding tert-OH is 1. The summed E-state index contributed by atoms with van der Waals surface area (Å²) in [5.74, 6) is 0.106. The summed E-state index contributed by atoms with van der Waals surface area (Å²) in [5, 5.41) is 16.5. The van der Waals surface area contributed by atoms with Crippen molar-refractivity contribution in [3.63, 3.8) is 0 Å². The largest absolute Gasteiger partial charge is 0.391 e. The van der Waals surface area contributed by atoms with Gasteiger partial charge in [0, 0.05) is 6.54 Å². The Bertz CT molecular complexity index is 487. The third-order valence-electron chi connectivity index (χ3n) is 3.40. The van der Waals surface area contributed by atoms with Gasteiger partial charge >= 0.3 is 0 Å². The third kappa shape index (κ3) is 3.77. The highest BCUT2D eigenvalue weighted by atomic mass is 32.2. The maximum Gasteiger partial charge on any atom is 0.244 e. The van der Waals surface area contributed by atoms with Gasteiger partial charge < -0.3 is 5.11 Å². The summed E-state index contributed by atoms with van der Waals surface area (Å²) < 4.78 is 26.8. The van der Waals surface area contributed by atoms with Crippen LogP contribution in [0.15, 0.2) is 4.90 Å². The molecule has 0 saturated carbocycles. The molecule has 0 aliphatic carbocycles. The van der Waals surface area contributed by atoms with Gasteiger partial charge in [-0.1, -0.05) is 26.7 Å². The Hall–Kier alpha value is -0.920. The van der Waals surface area contributed by atoms with E-state index in [9.17, 15) is 13.5 Å². The number of aliphatic hydroxyl groups is 1. The Morgan fingerprint density at radius 1 is 1.32 bits per heavy atom. The highest BCUT2D eigenvalue weighted by molar-refractivity contribution is 7.89.